The summed E-state index contributed by atoms with van der Waals surface area (Å²) in [5, 5.41) is 20.5. The number of amides is 1. The summed E-state index contributed by atoms with van der Waals surface area (Å²) in [6, 6.07) is 3.67. The first kappa shape index (κ1) is 21.0. The Morgan fingerprint density at radius 2 is 2.14 bits per heavy atom. The topological polar surface area (TPSA) is 95.4 Å². The van der Waals surface area contributed by atoms with Gasteiger partial charge in [-0.15, -0.1) is 0 Å². The van der Waals surface area contributed by atoms with E-state index in [1.54, 1.807) is 24.3 Å². The van der Waals surface area contributed by atoms with Crippen LogP contribution < -0.4 is 4.90 Å². The number of hydrogen-bond acceptors (Lipinski definition) is 7. The summed E-state index contributed by atoms with van der Waals surface area (Å²) in [5.74, 6) is 0.732. The van der Waals surface area contributed by atoms with Crippen molar-refractivity contribution in [3.8, 4) is 0 Å². The molecule has 8 nitrogen and oxygen atoms in total. The first-order chi connectivity index (χ1) is 13.6. The van der Waals surface area contributed by atoms with Crippen molar-refractivity contribution < 1.29 is 24.5 Å². The molecule has 8 heteroatoms. The highest BCUT2D eigenvalue weighted by Crippen LogP contribution is 2.35. The minimum atomic E-state index is -0.701. The molecule has 28 heavy (non-hydrogen) atoms. The Bertz CT molecular complexity index is 635. The number of rotatable bonds is 7. The van der Waals surface area contributed by atoms with Crippen molar-refractivity contribution in [3.05, 3.63) is 23.9 Å². The number of pyridine rings is 1. The van der Waals surface area contributed by atoms with Gasteiger partial charge in [0.05, 0.1) is 31.5 Å². The molecule has 0 bridgehead atoms. The fourth-order valence-electron chi connectivity index (χ4n) is 4.05. The number of methoxy groups -OCH3 is 1. The number of nitrogens with zero attached hydrogens (tertiary/aromatic N) is 3. The highest BCUT2D eigenvalue weighted by atomic mass is 16.5. The van der Waals surface area contributed by atoms with Gasteiger partial charge in [0.1, 0.15) is 5.82 Å². The third-order valence-corrected chi connectivity index (χ3v) is 5.84. The van der Waals surface area contributed by atoms with Gasteiger partial charge in [0.25, 0.3) is 5.91 Å². The van der Waals surface area contributed by atoms with Crippen LogP contribution in [0.3, 0.4) is 0 Å². The van der Waals surface area contributed by atoms with Crippen molar-refractivity contribution in [2.45, 2.75) is 25.4 Å². The molecule has 1 aromatic rings. The standard InChI is InChI=1S/C20H31N3O5/c1-27-10-2-6-20(15-24)14-23(7-5-17(20)25)19(26)16-3-4-18(21-13-16)22-8-11-28-12-9-22/h3-4,13,17,24-25H,2,5-12,14-15H2,1H3/t17-,20+/m1/s1. The van der Waals surface area contributed by atoms with E-state index >= 15 is 0 Å². The zero-order valence-corrected chi connectivity index (χ0v) is 16.5. The minimum Gasteiger partial charge on any atom is -0.396 e. The van der Waals surface area contributed by atoms with Gasteiger partial charge in [0, 0.05) is 51.5 Å². The van der Waals surface area contributed by atoms with Crippen LogP contribution in [0, 0.1) is 5.41 Å². The molecule has 2 saturated heterocycles. The van der Waals surface area contributed by atoms with E-state index in [4.69, 9.17) is 9.47 Å². The third-order valence-electron chi connectivity index (χ3n) is 5.84. The molecule has 0 saturated carbocycles. The maximum Gasteiger partial charge on any atom is 0.255 e. The number of hydrogen-bond donors (Lipinski definition) is 2. The van der Waals surface area contributed by atoms with E-state index in [9.17, 15) is 15.0 Å². The van der Waals surface area contributed by atoms with E-state index in [2.05, 4.69) is 9.88 Å². The van der Waals surface area contributed by atoms with Gasteiger partial charge in [-0.3, -0.25) is 4.79 Å². The highest BCUT2D eigenvalue weighted by Gasteiger charge is 2.43. The molecule has 2 atom stereocenters. The van der Waals surface area contributed by atoms with Gasteiger partial charge in [-0.25, -0.2) is 4.98 Å². The van der Waals surface area contributed by atoms with Crippen LogP contribution in [-0.4, -0.2) is 91.8 Å². The van der Waals surface area contributed by atoms with Crippen molar-refractivity contribution in [2.75, 3.05) is 64.6 Å². The number of ether oxygens (including phenoxy) is 2. The molecule has 0 aliphatic carbocycles. The Morgan fingerprint density at radius 1 is 1.36 bits per heavy atom. The number of morpholine rings is 1. The lowest BCUT2D eigenvalue weighted by Gasteiger charge is -2.45. The number of aliphatic hydroxyl groups excluding tert-OH is 2. The summed E-state index contributed by atoms with van der Waals surface area (Å²) in [5.41, 5.74) is -0.176. The third kappa shape index (κ3) is 4.63. The van der Waals surface area contributed by atoms with Crippen molar-refractivity contribution in [2.24, 2.45) is 5.41 Å². The normalized spacial score (nSPS) is 25.8. The molecule has 2 aliphatic heterocycles. The second-order valence-corrected chi connectivity index (χ2v) is 7.65. The van der Waals surface area contributed by atoms with Gasteiger partial charge in [-0.05, 0) is 31.4 Å². The summed E-state index contributed by atoms with van der Waals surface area (Å²) in [6.07, 6.45) is 2.78. The Balaban J connectivity index is 1.67. The molecule has 0 radical (unpaired) electrons. The number of likely N-dealkylation sites (tertiary alicyclic amines) is 1. The fourth-order valence-corrected chi connectivity index (χ4v) is 4.05. The van der Waals surface area contributed by atoms with E-state index in [1.165, 1.54) is 0 Å². The predicted octanol–water partition coefficient (Wildman–Crippen LogP) is 0.530. The van der Waals surface area contributed by atoms with E-state index in [1.807, 2.05) is 6.07 Å². The van der Waals surface area contributed by atoms with Gasteiger partial charge < -0.3 is 29.5 Å². The molecule has 3 heterocycles. The number of carbonyl (C=O) groups is 1. The molecule has 0 spiro atoms. The first-order valence-electron chi connectivity index (χ1n) is 9.95. The average Bonchev–Trinajstić information content (AvgIpc) is 2.75. The maximum atomic E-state index is 13.0. The minimum absolute atomic E-state index is 0.113. The highest BCUT2D eigenvalue weighted by molar-refractivity contribution is 5.94. The van der Waals surface area contributed by atoms with Crippen molar-refractivity contribution in [3.63, 3.8) is 0 Å². The lowest BCUT2D eigenvalue weighted by atomic mass is 9.74. The summed E-state index contributed by atoms with van der Waals surface area (Å²) < 4.78 is 10.5. The van der Waals surface area contributed by atoms with Crippen molar-refractivity contribution in [1.29, 1.82) is 0 Å². The number of piperidine rings is 1. The van der Waals surface area contributed by atoms with E-state index < -0.39 is 11.5 Å². The number of anilines is 1. The van der Waals surface area contributed by atoms with Crippen LogP contribution in [0.4, 0.5) is 5.82 Å². The molecule has 2 aliphatic rings. The first-order valence-corrected chi connectivity index (χ1v) is 9.95. The van der Waals surface area contributed by atoms with Crippen LogP contribution >= 0.6 is 0 Å². The SMILES string of the molecule is COCCC[C@@]1(CO)CN(C(=O)c2ccc(N3CCOCC3)nc2)CC[C@H]1O. The van der Waals surface area contributed by atoms with Gasteiger partial charge >= 0.3 is 0 Å². The Hall–Kier alpha value is -1.74. The zero-order chi connectivity index (χ0) is 20.0. The number of aromatic nitrogens is 1. The van der Waals surface area contributed by atoms with Crippen LogP contribution in [0.5, 0.6) is 0 Å². The Kier molecular flexibility index (Phi) is 7.23. The van der Waals surface area contributed by atoms with Crippen LogP contribution in [-0.2, 0) is 9.47 Å². The maximum absolute atomic E-state index is 13.0. The Labute approximate surface area is 166 Å². The summed E-state index contributed by atoms with van der Waals surface area (Å²) in [7, 11) is 1.63. The molecule has 2 fully saturated rings. The van der Waals surface area contributed by atoms with Gasteiger partial charge in [0.2, 0.25) is 0 Å². The van der Waals surface area contributed by atoms with Gasteiger partial charge in [-0.2, -0.15) is 0 Å². The molecule has 0 aromatic carbocycles. The number of carbonyl (C=O) groups excluding carboxylic acids is 1. The number of aliphatic hydroxyl groups is 2. The summed E-state index contributed by atoms with van der Waals surface area (Å²) in [6.45, 7) is 4.17. The monoisotopic (exact) mass is 393 g/mol. The fraction of sp³-hybridized carbons (Fsp3) is 0.700. The molecule has 1 amide bonds. The summed E-state index contributed by atoms with van der Waals surface area (Å²) in [4.78, 5) is 21.3. The second-order valence-electron chi connectivity index (χ2n) is 7.65. The molecule has 1 aromatic heterocycles. The van der Waals surface area contributed by atoms with Gasteiger partial charge in [-0.1, -0.05) is 0 Å². The molecular formula is C20H31N3O5. The predicted molar refractivity (Wildman–Crippen MR) is 104 cm³/mol. The summed E-state index contributed by atoms with van der Waals surface area (Å²) >= 11 is 0. The lowest BCUT2D eigenvalue weighted by Crippen LogP contribution is -2.55. The van der Waals surface area contributed by atoms with Crippen LogP contribution in [0.15, 0.2) is 18.3 Å². The van der Waals surface area contributed by atoms with E-state index in [0.717, 1.165) is 25.3 Å². The molecule has 0 unspecified atom stereocenters. The zero-order valence-electron chi connectivity index (χ0n) is 16.5. The van der Waals surface area contributed by atoms with Crippen molar-refractivity contribution >= 4 is 11.7 Å². The molecule has 156 valence electrons. The second kappa shape index (κ2) is 9.65. The smallest absolute Gasteiger partial charge is 0.255 e. The van der Waals surface area contributed by atoms with E-state index in [0.29, 0.717) is 51.3 Å². The van der Waals surface area contributed by atoms with Gasteiger partial charge in [0.15, 0.2) is 0 Å². The van der Waals surface area contributed by atoms with E-state index in [-0.39, 0.29) is 12.5 Å². The molecule has 2 N–H and O–H groups in total. The van der Waals surface area contributed by atoms with Crippen LogP contribution in [0.2, 0.25) is 0 Å². The molecule has 3 rings (SSSR count). The van der Waals surface area contributed by atoms with Crippen LogP contribution in [0.1, 0.15) is 29.6 Å². The van der Waals surface area contributed by atoms with Crippen molar-refractivity contribution in [1.82, 2.24) is 9.88 Å². The molecular weight excluding hydrogens is 362 g/mol. The lowest BCUT2D eigenvalue weighted by molar-refractivity contribution is -0.0745. The Morgan fingerprint density at radius 3 is 2.79 bits per heavy atom. The quantitative estimate of drug-likeness (QED) is 0.653. The largest absolute Gasteiger partial charge is 0.396 e. The average molecular weight is 393 g/mol. The van der Waals surface area contributed by atoms with Crippen LogP contribution in [0.25, 0.3) is 0 Å².